The number of hydrogen-bond donors (Lipinski definition) is 3. The van der Waals surface area contributed by atoms with Crippen LogP contribution in [0.5, 0.6) is 0 Å². The summed E-state index contributed by atoms with van der Waals surface area (Å²) in [4.78, 5) is 11.3. The van der Waals surface area contributed by atoms with E-state index in [1.165, 1.54) is 0 Å². The number of thiol groups is 1. The second kappa shape index (κ2) is 6.23. The number of hydrogen-bond acceptors (Lipinski definition) is 5. The lowest BCUT2D eigenvalue weighted by Crippen LogP contribution is -2.44. The maximum atomic E-state index is 11.3. The summed E-state index contributed by atoms with van der Waals surface area (Å²) in [5.41, 5.74) is 0. The maximum Gasteiger partial charge on any atom is 0.324 e. The van der Waals surface area contributed by atoms with E-state index >= 15 is 0 Å². The van der Waals surface area contributed by atoms with E-state index in [2.05, 4.69) is 17.9 Å². The monoisotopic (exact) mass is 207 g/mol. The van der Waals surface area contributed by atoms with Crippen molar-refractivity contribution in [3.8, 4) is 0 Å². The Bertz CT molecular complexity index is 161. The Labute approximate surface area is 84.1 Å². The van der Waals surface area contributed by atoms with Gasteiger partial charge < -0.3 is 9.84 Å². The normalized spacial score (nSPS) is 15.5. The van der Waals surface area contributed by atoms with Crippen LogP contribution in [0.1, 0.15) is 20.8 Å². The molecular formula is C8H17NO3S. The smallest absolute Gasteiger partial charge is 0.324 e. The van der Waals surface area contributed by atoms with E-state index in [0.717, 1.165) is 0 Å². The molecule has 0 aromatic carbocycles. The zero-order valence-corrected chi connectivity index (χ0v) is 9.04. The summed E-state index contributed by atoms with van der Waals surface area (Å²) in [6.45, 7) is 5.09. The Kier molecular flexibility index (Phi) is 6.11. The summed E-state index contributed by atoms with van der Waals surface area (Å²) in [5, 5.41) is 11.6. The Morgan fingerprint density at radius 3 is 2.38 bits per heavy atom. The standard InChI is InChI=1S/C8H17NO3S/c1-5(2)12-8(11)7(4-13)9-6(3)10/h5-7,9-10,13H,4H2,1-3H3/t6?,7-/m0/s1. The van der Waals surface area contributed by atoms with E-state index in [4.69, 9.17) is 9.84 Å². The van der Waals surface area contributed by atoms with Gasteiger partial charge in [0.05, 0.1) is 6.10 Å². The molecule has 13 heavy (non-hydrogen) atoms. The minimum atomic E-state index is -0.739. The van der Waals surface area contributed by atoms with E-state index < -0.39 is 12.3 Å². The summed E-state index contributed by atoms with van der Waals surface area (Å²) in [7, 11) is 0. The quantitative estimate of drug-likeness (QED) is 0.341. The molecule has 0 radical (unpaired) electrons. The molecule has 0 fully saturated rings. The molecule has 4 nitrogen and oxygen atoms in total. The molecule has 0 saturated carbocycles. The van der Waals surface area contributed by atoms with Crippen LogP contribution < -0.4 is 5.32 Å². The van der Waals surface area contributed by atoms with Crippen molar-refractivity contribution in [1.29, 1.82) is 0 Å². The van der Waals surface area contributed by atoms with Crippen molar-refractivity contribution < 1.29 is 14.6 Å². The number of rotatable bonds is 5. The number of aliphatic hydroxyl groups is 1. The van der Waals surface area contributed by atoms with Crippen LogP contribution in [0, 0.1) is 0 Å². The number of nitrogens with one attached hydrogen (secondary N) is 1. The minimum Gasteiger partial charge on any atom is -0.462 e. The van der Waals surface area contributed by atoms with Crippen LogP contribution in [-0.4, -0.2) is 35.2 Å². The van der Waals surface area contributed by atoms with Crippen LogP contribution in [0.4, 0.5) is 0 Å². The number of ether oxygens (including phenoxy) is 1. The fourth-order valence-corrected chi connectivity index (χ4v) is 1.06. The highest BCUT2D eigenvalue weighted by Crippen LogP contribution is 1.97. The van der Waals surface area contributed by atoms with Crippen LogP contribution in [-0.2, 0) is 9.53 Å². The van der Waals surface area contributed by atoms with Gasteiger partial charge in [0.2, 0.25) is 0 Å². The second-order valence-electron chi connectivity index (χ2n) is 3.06. The third-order valence-electron chi connectivity index (χ3n) is 1.26. The van der Waals surface area contributed by atoms with Crippen molar-refractivity contribution in [1.82, 2.24) is 5.32 Å². The van der Waals surface area contributed by atoms with Gasteiger partial charge in [0, 0.05) is 5.75 Å². The average molecular weight is 207 g/mol. The molecule has 2 atom stereocenters. The first kappa shape index (κ1) is 12.7. The maximum absolute atomic E-state index is 11.3. The highest BCUT2D eigenvalue weighted by Gasteiger charge is 2.20. The largest absolute Gasteiger partial charge is 0.462 e. The SMILES string of the molecule is CC(O)N[C@@H](CS)C(=O)OC(C)C. The molecular weight excluding hydrogens is 190 g/mol. The summed E-state index contributed by atoms with van der Waals surface area (Å²) in [6, 6.07) is -0.550. The lowest BCUT2D eigenvalue weighted by atomic mass is 10.3. The molecule has 0 aliphatic heterocycles. The molecule has 0 heterocycles. The predicted octanol–water partition coefficient (Wildman–Crippen LogP) is 0.164. The average Bonchev–Trinajstić information content (AvgIpc) is 1.98. The van der Waals surface area contributed by atoms with Crippen molar-refractivity contribution in [2.45, 2.75) is 39.1 Å². The van der Waals surface area contributed by atoms with Crippen molar-refractivity contribution in [2.24, 2.45) is 0 Å². The molecule has 0 amide bonds. The molecule has 0 spiro atoms. The van der Waals surface area contributed by atoms with E-state index in [-0.39, 0.29) is 12.1 Å². The highest BCUT2D eigenvalue weighted by molar-refractivity contribution is 7.80. The molecule has 0 aromatic heterocycles. The van der Waals surface area contributed by atoms with E-state index in [1.54, 1.807) is 20.8 Å². The summed E-state index contributed by atoms with van der Waals surface area (Å²) in [6.07, 6.45) is -0.887. The molecule has 5 heteroatoms. The van der Waals surface area contributed by atoms with Gasteiger partial charge >= 0.3 is 5.97 Å². The van der Waals surface area contributed by atoms with Crippen molar-refractivity contribution in [3.05, 3.63) is 0 Å². The van der Waals surface area contributed by atoms with Crippen LogP contribution in [0.15, 0.2) is 0 Å². The third kappa shape index (κ3) is 5.90. The number of carbonyl (C=O) groups is 1. The molecule has 2 N–H and O–H groups in total. The first-order valence-corrected chi connectivity index (χ1v) is 4.86. The Hall–Kier alpha value is -0.260. The van der Waals surface area contributed by atoms with Gasteiger partial charge in [-0.15, -0.1) is 0 Å². The first-order valence-electron chi connectivity index (χ1n) is 4.22. The van der Waals surface area contributed by atoms with Crippen molar-refractivity contribution in [2.75, 3.05) is 5.75 Å². The van der Waals surface area contributed by atoms with Crippen LogP contribution >= 0.6 is 12.6 Å². The van der Waals surface area contributed by atoms with Crippen LogP contribution in [0.2, 0.25) is 0 Å². The molecule has 1 unspecified atom stereocenters. The van der Waals surface area contributed by atoms with Crippen LogP contribution in [0.25, 0.3) is 0 Å². The molecule has 0 aliphatic rings. The van der Waals surface area contributed by atoms with E-state index in [1.807, 2.05) is 0 Å². The fraction of sp³-hybridized carbons (Fsp3) is 0.875. The number of carbonyl (C=O) groups excluding carboxylic acids is 1. The van der Waals surface area contributed by atoms with Gasteiger partial charge in [-0.1, -0.05) is 0 Å². The van der Waals surface area contributed by atoms with Gasteiger partial charge in [-0.3, -0.25) is 10.1 Å². The summed E-state index contributed by atoms with van der Waals surface area (Å²) in [5.74, 6) is -0.0814. The summed E-state index contributed by atoms with van der Waals surface area (Å²) < 4.78 is 4.94. The first-order chi connectivity index (χ1) is 5.97. The molecule has 0 bridgehead atoms. The Balaban J connectivity index is 3.99. The van der Waals surface area contributed by atoms with Gasteiger partial charge in [-0.05, 0) is 20.8 Å². The molecule has 0 aromatic rings. The third-order valence-corrected chi connectivity index (χ3v) is 1.63. The fourth-order valence-electron chi connectivity index (χ4n) is 0.801. The van der Waals surface area contributed by atoms with Crippen LogP contribution in [0.3, 0.4) is 0 Å². The topological polar surface area (TPSA) is 58.6 Å². The van der Waals surface area contributed by atoms with Gasteiger partial charge in [-0.25, -0.2) is 0 Å². The number of esters is 1. The van der Waals surface area contributed by atoms with Gasteiger partial charge in [0.25, 0.3) is 0 Å². The van der Waals surface area contributed by atoms with E-state index in [9.17, 15) is 4.79 Å². The Morgan fingerprint density at radius 1 is 1.54 bits per heavy atom. The lowest BCUT2D eigenvalue weighted by Gasteiger charge is -2.18. The lowest BCUT2D eigenvalue weighted by molar-refractivity contribution is -0.150. The zero-order valence-electron chi connectivity index (χ0n) is 8.15. The van der Waals surface area contributed by atoms with Crippen molar-refractivity contribution in [3.63, 3.8) is 0 Å². The molecule has 78 valence electrons. The minimum absolute atomic E-state index is 0.148. The molecule has 0 rings (SSSR count). The zero-order chi connectivity index (χ0) is 10.4. The summed E-state index contributed by atoms with van der Waals surface area (Å²) >= 11 is 3.98. The second-order valence-corrected chi connectivity index (χ2v) is 3.43. The predicted molar refractivity (Wildman–Crippen MR) is 53.7 cm³/mol. The highest BCUT2D eigenvalue weighted by atomic mass is 32.1. The van der Waals surface area contributed by atoms with E-state index in [0.29, 0.717) is 5.75 Å². The van der Waals surface area contributed by atoms with Gasteiger partial charge in [-0.2, -0.15) is 12.6 Å². The van der Waals surface area contributed by atoms with Crippen molar-refractivity contribution >= 4 is 18.6 Å². The van der Waals surface area contributed by atoms with Gasteiger partial charge in [0.15, 0.2) is 0 Å². The Morgan fingerprint density at radius 2 is 2.08 bits per heavy atom. The number of aliphatic hydroxyl groups excluding tert-OH is 1. The molecule has 0 aliphatic carbocycles. The van der Waals surface area contributed by atoms with Gasteiger partial charge in [0.1, 0.15) is 12.3 Å². The molecule has 0 saturated heterocycles.